The number of carbonyl (C=O) groups is 2. The number of ether oxygens (including phenoxy) is 2. The molecule has 0 fully saturated rings. The third kappa shape index (κ3) is 7.41. The van der Waals surface area contributed by atoms with Gasteiger partial charge in [-0.05, 0) is 64.9 Å². The van der Waals surface area contributed by atoms with Crippen LogP contribution < -0.4 is 25.7 Å². The van der Waals surface area contributed by atoms with Gasteiger partial charge in [0.25, 0.3) is 11.8 Å². The summed E-state index contributed by atoms with van der Waals surface area (Å²) in [5.74, 6) is 0.348. The third-order valence-corrected chi connectivity index (χ3v) is 8.17. The molecule has 3 N–H and O–H groups in total. The fourth-order valence-electron chi connectivity index (χ4n) is 5.77. The van der Waals surface area contributed by atoms with E-state index in [9.17, 15) is 19.5 Å². The number of rotatable bonds is 8. The Kier molecular flexibility index (Phi) is 10.3. The van der Waals surface area contributed by atoms with E-state index in [1.165, 1.54) is 14.2 Å². The SMILES string of the molecule is COc1cccc(NC(=O)c2cccc3ccccc23)c1C(=O)NCC(C)O.COc1cccc2nc(-c3cccc4ccccc34)oc(=O)c12. The van der Waals surface area contributed by atoms with Crippen LogP contribution in [0.3, 0.4) is 0 Å². The van der Waals surface area contributed by atoms with Gasteiger partial charge >= 0.3 is 5.63 Å². The number of benzene rings is 6. The minimum atomic E-state index is -0.688. The second-order valence-corrected chi connectivity index (χ2v) is 11.6. The first-order chi connectivity index (χ1) is 24.8. The number of fused-ring (bicyclic) bond motifs is 3. The van der Waals surface area contributed by atoms with Gasteiger partial charge in [-0.15, -0.1) is 0 Å². The van der Waals surface area contributed by atoms with Crippen molar-refractivity contribution in [1.29, 1.82) is 0 Å². The molecule has 0 saturated heterocycles. The molecule has 0 saturated carbocycles. The summed E-state index contributed by atoms with van der Waals surface area (Å²) >= 11 is 0. The number of anilines is 1. The van der Waals surface area contributed by atoms with Gasteiger partial charge in [0, 0.05) is 17.7 Å². The van der Waals surface area contributed by atoms with Crippen molar-refractivity contribution >= 4 is 49.9 Å². The summed E-state index contributed by atoms with van der Waals surface area (Å²) in [6, 6.07) is 37.2. The molecule has 1 atom stereocenters. The summed E-state index contributed by atoms with van der Waals surface area (Å²) in [5.41, 5.74) is 1.96. The molecule has 2 amide bonds. The zero-order valence-corrected chi connectivity index (χ0v) is 28.2. The third-order valence-electron chi connectivity index (χ3n) is 8.17. The van der Waals surface area contributed by atoms with Crippen molar-refractivity contribution in [3.05, 3.63) is 143 Å². The molecule has 1 heterocycles. The lowest BCUT2D eigenvalue weighted by Gasteiger charge is -2.16. The Hall–Kier alpha value is -6.52. The maximum Gasteiger partial charge on any atom is 0.350 e. The summed E-state index contributed by atoms with van der Waals surface area (Å²) in [7, 11) is 2.98. The standard InChI is InChI=1S/C22H22N2O4.C19H13NO3/c1-14(25)13-23-22(27)20-18(11-6-12-19(20)28-2)24-21(26)17-10-5-8-15-7-3-4-9-16(15)17;1-22-16-11-5-10-15-17(16)19(21)23-18(20-15)14-9-4-7-12-6-2-3-8-13(12)14/h3-12,14,25H,13H2,1-2H3,(H,23,27)(H,24,26);2-11H,1H3. The van der Waals surface area contributed by atoms with Crippen molar-refractivity contribution in [1.82, 2.24) is 10.3 Å². The summed E-state index contributed by atoms with van der Waals surface area (Å²) in [4.78, 5) is 42.5. The van der Waals surface area contributed by atoms with E-state index in [0.717, 1.165) is 27.1 Å². The topological polar surface area (TPSA) is 140 Å². The Morgan fingerprint density at radius 1 is 0.745 bits per heavy atom. The van der Waals surface area contributed by atoms with Crippen LogP contribution in [0.25, 0.3) is 43.9 Å². The molecular weight excluding hydrogens is 646 g/mol. The second-order valence-electron chi connectivity index (χ2n) is 11.6. The molecule has 0 bridgehead atoms. The Bertz CT molecular complexity index is 2430. The van der Waals surface area contributed by atoms with Gasteiger partial charge in [0.15, 0.2) is 0 Å². The molecule has 10 heteroatoms. The van der Waals surface area contributed by atoms with E-state index in [-0.39, 0.29) is 18.0 Å². The first kappa shape index (κ1) is 34.3. The first-order valence-electron chi connectivity index (χ1n) is 16.2. The minimum absolute atomic E-state index is 0.0909. The van der Waals surface area contributed by atoms with Crippen molar-refractivity contribution in [2.24, 2.45) is 0 Å². The Labute approximate surface area is 293 Å². The van der Waals surface area contributed by atoms with E-state index in [0.29, 0.717) is 39.5 Å². The van der Waals surface area contributed by atoms with Gasteiger partial charge in [0.2, 0.25) is 5.89 Å². The van der Waals surface area contributed by atoms with Crippen LogP contribution in [-0.2, 0) is 0 Å². The van der Waals surface area contributed by atoms with Gasteiger partial charge in [0.05, 0.1) is 31.5 Å². The molecule has 0 radical (unpaired) electrons. The highest BCUT2D eigenvalue weighted by Crippen LogP contribution is 2.30. The largest absolute Gasteiger partial charge is 0.496 e. The fourth-order valence-corrected chi connectivity index (χ4v) is 5.77. The molecule has 1 aromatic heterocycles. The molecule has 0 aliphatic rings. The van der Waals surface area contributed by atoms with Gasteiger partial charge < -0.3 is 29.6 Å². The number of aromatic nitrogens is 1. The first-order valence-corrected chi connectivity index (χ1v) is 16.2. The van der Waals surface area contributed by atoms with Crippen molar-refractivity contribution in [3.8, 4) is 23.0 Å². The predicted octanol–water partition coefficient (Wildman–Crippen LogP) is 7.23. The quantitative estimate of drug-likeness (QED) is 0.153. The summed E-state index contributed by atoms with van der Waals surface area (Å²) in [6.45, 7) is 1.67. The highest BCUT2D eigenvalue weighted by Gasteiger charge is 2.20. The highest BCUT2D eigenvalue weighted by molar-refractivity contribution is 6.15. The lowest BCUT2D eigenvalue weighted by Crippen LogP contribution is -2.31. The van der Waals surface area contributed by atoms with E-state index in [4.69, 9.17) is 13.9 Å². The van der Waals surface area contributed by atoms with Gasteiger partial charge in [-0.25, -0.2) is 9.78 Å². The van der Waals surface area contributed by atoms with E-state index in [2.05, 4.69) is 15.6 Å². The molecule has 0 aliphatic heterocycles. The van der Waals surface area contributed by atoms with Crippen LogP contribution in [0.4, 0.5) is 5.69 Å². The van der Waals surface area contributed by atoms with Gasteiger partial charge in [-0.2, -0.15) is 0 Å². The lowest BCUT2D eigenvalue weighted by molar-refractivity contribution is 0.0922. The molecule has 0 aliphatic carbocycles. The zero-order chi connectivity index (χ0) is 35.9. The smallest absolute Gasteiger partial charge is 0.350 e. The minimum Gasteiger partial charge on any atom is -0.496 e. The summed E-state index contributed by atoms with van der Waals surface area (Å²) in [6.07, 6.45) is -0.688. The van der Waals surface area contributed by atoms with E-state index in [1.807, 2.05) is 78.9 Å². The number of nitrogens with one attached hydrogen (secondary N) is 2. The molecule has 6 aromatic carbocycles. The van der Waals surface area contributed by atoms with Crippen LogP contribution >= 0.6 is 0 Å². The van der Waals surface area contributed by atoms with Crippen molar-refractivity contribution in [2.75, 3.05) is 26.1 Å². The monoisotopic (exact) mass is 681 g/mol. The molecule has 1 unspecified atom stereocenters. The maximum absolute atomic E-state index is 12.9. The number of nitrogens with zero attached hydrogens (tertiary/aromatic N) is 1. The molecule has 7 aromatic rings. The van der Waals surface area contributed by atoms with Crippen molar-refractivity contribution < 1.29 is 28.6 Å². The normalized spacial score (nSPS) is 11.4. The molecule has 51 heavy (non-hydrogen) atoms. The molecule has 7 rings (SSSR count). The second kappa shape index (κ2) is 15.4. The average molecular weight is 682 g/mol. The summed E-state index contributed by atoms with van der Waals surface area (Å²) in [5, 5.41) is 19.1. The molecule has 256 valence electrons. The van der Waals surface area contributed by atoms with Crippen LogP contribution in [-0.4, -0.2) is 48.8 Å². The van der Waals surface area contributed by atoms with Crippen LogP contribution in [0.5, 0.6) is 11.5 Å². The molecular formula is C41H35N3O7. The van der Waals surface area contributed by atoms with Crippen LogP contribution in [0.15, 0.2) is 131 Å². The maximum atomic E-state index is 12.9. The van der Waals surface area contributed by atoms with E-state index >= 15 is 0 Å². The number of hydrogen-bond acceptors (Lipinski definition) is 8. The highest BCUT2D eigenvalue weighted by atomic mass is 16.5. The molecule has 10 nitrogen and oxygen atoms in total. The van der Waals surface area contributed by atoms with E-state index < -0.39 is 17.6 Å². The lowest BCUT2D eigenvalue weighted by atomic mass is 10.0. The summed E-state index contributed by atoms with van der Waals surface area (Å²) < 4.78 is 16.0. The number of amides is 2. The Morgan fingerprint density at radius 3 is 2.08 bits per heavy atom. The fraction of sp³-hybridized carbons (Fsp3) is 0.122. The van der Waals surface area contributed by atoms with Gasteiger partial charge in [-0.1, -0.05) is 84.9 Å². The van der Waals surface area contributed by atoms with E-state index in [1.54, 1.807) is 49.4 Å². The predicted molar refractivity (Wildman–Crippen MR) is 199 cm³/mol. The van der Waals surface area contributed by atoms with Gasteiger partial charge in [-0.3, -0.25) is 9.59 Å². The number of aliphatic hydroxyl groups excluding tert-OH is 1. The average Bonchev–Trinajstić information content (AvgIpc) is 3.16. The number of aliphatic hydroxyl groups is 1. The molecule has 0 spiro atoms. The zero-order valence-electron chi connectivity index (χ0n) is 28.2. The van der Waals surface area contributed by atoms with Crippen molar-refractivity contribution in [2.45, 2.75) is 13.0 Å². The Morgan fingerprint density at radius 2 is 1.35 bits per heavy atom. The number of hydrogen-bond donors (Lipinski definition) is 3. The number of methoxy groups -OCH3 is 2. The number of carbonyl (C=O) groups excluding carboxylic acids is 2. The van der Waals surface area contributed by atoms with Gasteiger partial charge in [0.1, 0.15) is 22.4 Å². The van der Waals surface area contributed by atoms with Crippen LogP contribution in [0.2, 0.25) is 0 Å². The van der Waals surface area contributed by atoms with Crippen molar-refractivity contribution in [3.63, 3.8) is 0 Å². The van der Waals surface area contributed by atoms with Crippen LogP contribution in [0, 0.1) is 0 Å². The van der Waals surface area contributed by atoms with Crippen LogP contribution in [0.1, 0.15) is 27.6 Å². The Balaban J connectivity index is 0.000000179.